The predicted octanol–water partition coefficient (Wildman–Crippen LogP) is 5.17. The number of amides is 1. The van der Waals surface area contributed by atoms with Gasteiger partial charge in [0, 0.05) is 20.7 Å². The van der Waals surface area contributed by atoms with Crippen molar-refractivity contribution in [3.63, 3.8) is 0 Å². The number of aryl methyl sites for hydroxylation is 1. The van der Waals surface area contributed by atoms with E-state index in [1.165, 1.54) is 28.3 Å². The number of rotatable bonds is 4. The second-order valence-corrected chi connectivity index (χ2v) is 9.20. The molecule has 1 N–H and O–H groups in total. The van der Waals surface area contributed by atoms with Gasteiger partial charge in [-0.15, -0.1) is 22.7 Å². The molecule has 1 aliphatic rings. The number of carbonyl (C=O) groups excluding carboxylic acids is 1. The highest BCUT2D eigenvalue weighted by Gasteiger charge is 2.18. The highest BCUT2D eigenvalue weighted by atomic mass is 32.1. The lowest BCUT2D eigenvalue weighted by Crippen LogP contribution is -2.25. The van der Waals surface area contributed by atoms with E-state index in [1.807, 2.05) is 42.6 Å². The minimum atomic E-state index is -0.312. The Bertz CT molecular complexity index is 1400. The normalized spacial score (nSPS) is 13.8. The second-order valence-electron chi connectivity index (χ2n) is 7.04. The predicted molar refractivity (Wildman–Crippen MR) is 126 cm³/mol. The summed E-state index contributed by atoms with van der Waals surface area (Å²) in [7, 11) is 0. The van der Waals surface area contributed by atoms with Crippen LogP contribution in [0.2, 0.25) is 0 Å². The number of fused-ring (bicyclic) bond motifs is 1. The molecule has 0 saturated heterocycles. The summed E-state index contributed by atoms with van der Waals surface area (Å²) in [5, 5.41) is 9.48. The number of thiazole rings is 1. The molecule has 5 rings (SSSR count). The van der Waals surface area contributed by atoms with Crippen molar-refractivity contribution in [3.05, 3.63) is 80.4 Å². The van der Waals surface area contributed by atoms with Crippen LogP contribution in [0.4, 0.5) is 15.8 Å². The van der Waals surface area contributed by atoms with Crippen LogP contribution in [0.1, 0.15) is 9.75 Å². The second kappa shape index (κ2) is 8.52. The third-order valence-corrected chi connectivity index (χ3v) is 6.46. The van der Waals surface area contributed by atoms with Gasteiger partial charge in [-0.1, -0.05) is 0 Å². The van der Waals surface area contributed by atoms with Crippen LogP contribution < -0.4 is 14.9 Å². The topological polar surface area (TPSA) is 68.0 Å². The SMILES string of the molecule is Cc1ccc(C=Nn2c(-c3ccc4c(c3)NC(=O)CO4)csc2=Nc2ccc(F)cc2)s1. The highest BCUT2D eigenvalue weighted by molar-refractivity contribution is 7.13. The number of nitrogens with one attached hydrogen (secondary N) is 1. The maximum absolute atomic E-state index is 13.3. The van der Waals surface area contributed by atoms with Crippen molar-refractivity contribution in [2.24, 2.45) is 10.1 Å². The van der Waals surface area contributed by atoms with Crippen molar-refractivity contribution in [3.8, 4) is 17.0 Å². The van der Waals surface area contributed by atoms with E-state index in [1.54, 1.807) is 34.4 Å². The number of nitrogens with zero attached hydrogens (tertiary/aromatic N) is 3. The van der Waals surface area contributed by atoms with E-state index < -0.39 is 0 Å². The van der Waals surface area contributed by atoms with Crippen LogP contribution in [0.25, 0.3) is 11.3 Å². The molecule has 1 aliphatic heterocycles. The average Bonchev–Trinajstić information content (AvgIpc) is 3.39. The molecule has 4 aromatic rings. The number of hydrogen-bond acceptors (Lipinski definition) is 6. The summed E-state index contributed by atoms with van der Waals surface area (Å²) in [5.74, 6) is 0.128. The first-order valence-corrected chi connectivity index (χ1v) is 11.4. The lowest BCUT2D eigenvalue weighted by Gasteiger charge is -2.18. The van der Waals surface area contributed by atoms with Gasteiger partial charge in [0.25, 0.3) is 5.91 Å². The molecule has 0 bridgehead atoms. The first-order chi connectivity index (χ1) is 15.5. The van der Waals surface area contributed by atoms with Gasteiger partial charge in [-0.25, -0.2) is 14.1 Å². The molecular weight excluding hydrogens is 447 g/mol. The van der Waals surface area contributed by atoms with E-state index in [-0.39, 0.29) is 18.3 Å². The molecule has 32 heavy (non-hydrogen) atoms. The summed E-state index contributed by atoms with van der Waals surface area (Å²) in [6.07, 6.45) is 1.79. The van der Waals surface area contributed by atoms with Gasteiger partial charge in [0.15, 0.2) is 6.61 Å². The molecule has 1 amide bonds. The maximum Gasteiger partial charge on any atom is 0.262 e. The quantitative estimate of drug-likeness (QED) is 0.423. The van der Waals surface area contributed by atoms with E-state index in [0.717, 1.165) is 16.1 Å². The largest absolute Gasteiger partial charge is 0.482 e. The lowest BCUT2D eigenvalue weighted by atomic mass is 10.1. The van der Waals surface area contributed by atoms with Crippen molar-refractivity contribution in [2.75, 3.05) is 11.9 Å². The molecule has 160 valence electrons. The fourth-order valence-corrected chi connectivity index (χ4v) is 4.79. The Morgan fingerprint density at radius 2 is 2.00 bits per heavy atom. The van der Waals surface area contributed by atoms with Crippen LogP contribution in [0.3, 0.4) is 0 Å². The summed E-state index contributed by atoms with van der Waals surface area (Å²) >= 11 is 3.07. The Morgan fingerprint density at radius 3 is 2.78 bits per heavy atom. The summed E-state index contributed by atoms with van der Waals surface area (Å²) in [6.45, 7) is 2.06. The number of hydrogen-bond donors (Lipinski definition) is 1. The zero-order valence-corrected chi connectivity index (χ0v) is 18.5. The van der Waals surface area contributed by atoms with Crippen LogP contribution in [0, 0.1) is 12.7 Å². The summed E-state index contributed by atoms with van der Waals surface area (Å²) in [5.41, 5.74) is 2.90. The number of halogens is 1. The zero-order chi connectivity index (χ0) is 22.1. The van der Waals surface area contributed by atoms with E-state index in [9.17, 15) is 9.18 Å². The molecule has 0 unspecified atom stereocenters. The number of aromatic nitrogens is 1. The molecule has 2 aromatic carbocycles. The standard InChI is InChI=1S/C23H17FN4O2S2/c1-14-2-8-18(32-14)11-25-28-20(13-31-23(28)26-17-6-4-16(24)5-7-17)15-3-9-21-19(10-15)27-22(29)12-30-21/h2-11,13H,12H2,1H3,(H,27,29). The van der Waals surface area contributed by atoms with Gasteiger partial charge in [-0.2, -0.15) is 5.10 Å². The third kappa shape index (κ3) is 4.25. The Balaban J connectivity index is 1.62. The fraction of sp³-hybridized carbons (Fsp3) is 0.0870. The first kappa shape index (κ1) is 20.3. The van der Waals surface area contributed by atoms with E-state index >= 15 is 0 Å². The minimum Gasteiger partial charge on any atom is -0.482 e. The molecule has 2 aromatic heterocycles. The van der Waals surface area contributed by atoms with Crippen molar-refractivity contribution in [1.29, 1.82) is 0 Å². The Kier molecular flexibility index (Phi) is 5.42. The molecule has 9 heteroatoms. The third-order valence-electron chi connectivity index (χ3n) is 4.71. The zero-order valence-electron chi connectivity index (χ0n) is 16.9. The summed E-state index contributed by atoms with van der Waals surface area (Å²) in [4.78, 5) is 19.2. The van der Waals surface area contributed by atoms with Crippen LogP contribution in [-0.2, 0) is 4.79 Å². The molecule has 0 spiro atoms. The molecule has 0 atom stereocenters. The minimum absolute atomic E-state index is 0.00994. The van der Waals surface area contributed by atoms with Crippen LogP contribution in [0.5, 0.6) is 5.75 Å². The smallest absolute Gasteiger partial charge is 0.262 e. The van der Waals surface area contributed by atoms with Gasteiger partial charge in [-0.3, -0.25) is 4.79 Å². The Morgan fingerprint density at radius 1 is 1.16 bits per heavy atom. The monoisotopic (exact) mass is 464 g/mol. The van der Waals surface area contributed by atoms with Crippen LogP contribution in [-0.4, -0.2) is 23.4 Å². The van der Waals surface area contributed by atoms with Gasteiger partial charge in [0.05, 0.1) is 23.3 Å². The van der Waals surface area contributed by atoms with Gasteiger partial charge in [0.2, 0.25) is 4.80 Å². The van der Waals surface area contributed by atoms with Crippen molar-refractivity contribution in [1.82, 2.24) is 4.68 Å². The summed E-state index contributed by atoms with van der Waals surface area (Å²) in [6, 6.07) is 15.7. The number of benzene rings is 2. The number of carbonyl (C=O) groups is 1. The van der Waals surface area contributed by atoms with Crippen molar-refractivity contribution >= 4 is 46.2 Å². The van der Waals surface area contributed by atoms with Gasteiger partial charge in [0.1, 0.15) is 11.6 Å². The molecule has 3 heterocycles. The van der Waals surface area contributed by atoms with Crippen LogP contribution in [0.15, 0.2) is 70.1 Å². The van der Waals surface area contributed by atoms with E-state index in [4.69, 9.17) is 9.84 Å². The van der Waals surface area contributed by atoms with Crippen molar-refractivity contribution < 1.29 is 13.9 Å². The molecule has 0 saturated carbocycles. The molecule has 0 fully saturated rings. The number of anilines is 1. The maximum atomic E-state index is 13.3. The van der Waals surface area contributed by atoms with Crippen LogP contribution >= 0.6 is 22.7 Å². The highest BCUT2D eigenvalue weighted by Crippen LogP contribution is 2.33. The molecule has 0 radical (unpaired) electrons. The average molecular weight is 465 g/mol. The van der Waals surface area contributed by atoms with Gasteiger partial charge < -0.3 is 10.1 Å². The number of ether oxygens (including phenoxy) is 1. The molecule has 6 nitrogen and oxygen atoms in total. The Labute approximate surface area is 191 Å². The number of thiophene rings is 1. The summed E-state index contributed by atoms with van der Waals surface area (Å²) < 4.78 is 20.5. The molecule has 0 aliphatic carbocycles. The molecular formula is C23H17FN4O2S2. The fourth-order valence-electron chi connectivity index (χ4n) is 3.19. The Hall–Kier alpha value is -3.56. The first-order valence-electron chi connectivity index (χ1n) is 9.74. The van der Waals surface area contributed by atoms with Crippen molar-refractivity contribution in [2.45, 2.75) is 6.92 Å². The van der Waals surface area contributed by atoms with E-state index in [0.29, 0.717) is 21.9 Å². The lowest BCUT2D eigenvalue weighted by molar-refractivity contribution is -0.118. The van der Waals surface area contributed by atoms with Gasteiger partial charge >= 0.3 is 0 Å². The van der Waals surface area contributed by atoms with E-state index in [2.05, 4.69) is 10.3 Å². The van der Waals surface area contributed by atoms with Gasteiger partial charge in [-0.05, 0) is 61.5 Å².